The van der Waals surface area contributed by atoms with Gasteiger partial charge in [0.25, 0.3) is 0 Å². The van der Waals surface area contributed by atoms with Crippen molar-refractivity contribution in [2.75, 3.05) is 13.7 Å². The van der Waals surface area contributed by atoms with E-state index in [0.29, 0.717) is 6.61 Å². The Balaban J connectivity index is 2.65. The molecule has 1 amide bonds. The summed E-state index contributed by atoms with van der Waals surface area (Å²) in [5.74, 6) is 0.181. The fraction of sp³-hybridized carbons (Fsp3) is 0.786. The van der Waals surface area contributed by atoms with E-state index in [0.717, 1.165) is 0 Å². The first-order chi connectivity index (χ1) is 8.06. The lowest BCUT2D eigenvalue weighted by atomic mass is 10.0. The third-order valence-corrected chi connectivity index (χ3v) is 8.78. The van der Waals surface area contributed by atoms with E-state index in [1.54, 1.807) is 4.90 Å². The van der Waals surface area contributed by atoms with E-state index >= 15 is 0 Å². The third-order valence-electron chi connectivity index (χ3n) is 4.28. The fourth-order valence-electron chi connectivity index (χ4n) is 1.67. The van der Waals surface area contributed by atoms with Crippen LogP contribution in [0, 0.1) is 5.92 Å². The summed E-state index contributed by atoms with van der Waals surface area (Å²) in [5.41, 5.74) is 0. The van der Waals surface area contributed by atoms with Crippen molar-refractivity contribution in [1.29, 1.82) is 0 Å². The van der Waals surface area contributed by atoms with Gasteiger partial charge in [-0.3, -0.25) is 4.79 Å². The van der Waals surface area contributed by atoms with Crippen LogP contribution in [0.5, 0.6) is 0 Å². The minimum atomic E-state index is -1.73. The number of hydrogen-bond acceptors (Lipinski definition) is 2. The van der Waals surface area contributed by atoms with E-state index in [9.17, 15) is 4.79 Å². The molecule has 1 rings (SSSR count). The van der Waals surface area contributed by atoms with Crippen molar-refractivity contribution in [2.24, 2.45) is 5.92 Å². The Hall–Kier alpha value is -0.613. The highest BCUT2D eigenvalue weighted by molar-refractivity contribution is 6.74. The van der Waals surface area contributed by atoms with Crippen LogP contribution in [0.2, 0.25) is 18.1 Å². The lowest BCUT2D eigenvalue weighted by Gasteiger charge is -2.39. The number of carbonyl (C=O) groups is 1. The summed E-state index contributed by atoms with van der Waals surface area (Å²) < 4.78 is 6.18. The van der Waals surface area contributed by atoms with E-state index in [-0.39, 0.29) is 22.9 Å². The molecule has 4 heteroatoms. The van der Waals surface area contributed by atoms with Crippen LogP contribution < -0.4 is 0 Å². The Morgan fingerprint density at radius 2 is 1.89 bits per heavy atom. The van der Waals surface area contributed by atoms with E-state index in [1.807, 2.05) is 20.0 Å². The molecule has 0 fully saturated rings. The van der Waals surface area contributed by atoms with Crippen molar-refractivity contribution < 1.29 is 9.22 Å². The van der Waals surface area contributed by atoms with Crippen molar-refractivity contribution in [1.82, 2.24) is 4.90 Å². The average molecular weight is 269 g/mol. The predicted octanol–water partition coefficient (Wildman–Crippen LogP) is 3.04. The molecule has 1 heterocycles. The standard InChI is InChI=1S/C14H27NO2Si/c1-11-8-9-12(15(5)13(11)16)10-17-18(6,7)14(2,3)4/h8-9,11-12H,10H2,1-7H3/t11-,12+/m0/s1. The van der Waals surface area contributed by atoms with Crippen LogP contribution in [0.4, 0.5) is 0 Å². The molecule has 1 aliphatic heterocycles. The van der Waals surface area contributed by atoms with E-state index in [4.69, 9.17) is 4.43 Å². The van der Waals surface area contributed by atoms with Gasteiger partial charge in [-0.2, -0.15) is 0 Å². The molecule has 0 spiro atoms. The minimum Gasteiger partial charge on any atom is -0.414 e. The molecule has 104 valence electrons. The number of carbonyl (C=O) groups excluding carboxylic acids is 1. The van der Waals surface area contributed by atoms with Gasteiger partial charge in [0.05, 0.1) is 18.6 Å². The van der Waals surface area contributed by atoms with E-state index in [2.05, 4.69) is 39.9 Å². The first-order valence-corrected chi connectivity index (χ1v) is 9.56. The Kier molecular flexibility index (Phi) is 4.44. The Bertz CT molecular complexity index is 344. The molecular weight excluding hydrogens is 242 g/mol. The molecule has 2 atom stereocenters. The molecule has 0 aromatic carbocycles. The maximum Gasteiger partial charge on any atom is 0.229 e. The molecule has 0 saturated carbocycles. The maximum absolute atomic E-state index is 11.9. The normalized spacial score (nSPS) is 25.7. The van der Waals surface area contributed by atoms with Gasteiger partial charge in [-0.25, -0.2) is 0 Å². The summed E-state index contributed by atoms with van der Waals surface area (Å²) in [4.78, 5) is 13.7. The molecule has 0 N–H and O–H groups in total. The summed E-state index contributed by atoms with van der Waals surface area (Å²) in [6.45, 7) is 13.7. The van der Waals surface area contributed by atoms with Crippen molar-refractivity contribution in [3.05, 3.63) is 12.2 Å². The zero-order chi connectivity index (χ0) is 14.1. The van der Waals surface area contributed by atoms with Gasteiger partial charge in [-0.15, -0.1) is 0 Å². The lowest BCUT2D eigenvalue weighted by Crippen LogP contribution is -2.48. The van der Waals surface area contributed by atoms with Crippen LogP contribution in [0.3, 0.4) is 0 Å². The Morgan fingerprint density at radius 1 is 1.33 bits per heavy atom. The second-order valence-corrected chi connectivity index (χ2v) is 11.6. The molecule has 0 aliphatic carbocycles. The van der Waals surface area contributed by atoms with Crippen LogP contribution in [-0.2, 0) is 9.22 Å². The van der Waals surface area contributed by atoms with Gasteiger partial charge >= 0.3 is 0 Å². The Morgan fingerprint density at radius 3 is 2.39 bits per heavy atom. The second-order valence-electron chi connectivity index (χ2n) is 6.76. The summed E-state index contributed by atoms with van der Waals surface area (Å²) in [6, 6.07) is 0.0859. The molecule has 0 bridgehead atoms. The van der Waals surface area contributed by atoms with Crippen LogP contribution in [0.25, 0.3) is 0 Å². The largest absolute Gasteiger partial charge is 0.414 e. The van der Waals surface area contributed by atoms with Gasteiger partial charge < -0.3 is 9.33 Å². The monoisotopic (exact) mass is 269 g/mol. The van der Waals surface area contributed by atoms with Crippen LogP contribution in [-0.4, -0.2) is 38.8 Å². The highest BCUT2D eigenvalue weighted by Crippen LogP contribution is 2.36. The van der Waals surface area contributed by atoms with Crippen molar-refractivity contribution in [3.63, 3.8) is 0 Å². The van der Waals surface area contributed by atoms with Crippen LogP contribution in [0.15, 0.2) is 12.2 Å². The quantitative estimate of drug-likeness (QED) is 0.582. The molecule has 0 saturated heterocycles. The molecule has 0 radical (unpaired) electrons. The maximum atomic E-state index is 11.9. The number of likely N-dealkylation sites (N-methyl/N-ethyl adjacent to an activating group) is 1. The highest BCUT2D eigenvalue weighted by Gasteiger charge is 2.38. The molecule has 1 aliphatic rings. The summed E-state index contributed by atoms with van der Waals surface area (Å²) >= 11 is 0. The minimum absolute atomic E-state index is 0.000814. The third kappa shape index (κ3) is 3.23. The highest BCUT2D eigenvalue weighted by atomic mass is 28.4. The summed E-state index contributed by atoms with van der Waals surface area (Å²) in [7, 11) is 0.134. The van der Waals surface area contributed by atoms with Crippen LogP contribution in [0.1, 0.15) is 27.7 Å². The second kappa shape index (κ2) is 5.17. The first kappa shape index (κ1) is 15.4. The molecule has 0 aromatic rings. The zero-order valence-electron chi connectivity index (χ0n) is 12.8. The van der Waals surface area contributed by atoms with Gasteiger partial charge in [0.2, 0.25) is 5.91 Å². The van der Waals surface area contributed by atoms with E-state index < -0.39 is 8.32 Å². The molecule has 3 nitrogen and oxygen atoms in total. The molecule has 18 heavy (non-hydrogen) atoms. The van der Waals surface area contributed by atoms with Gasteiger partial charge in [0, 0.05) is 7.05 Å². The smallest absolute Gasteiger partial charge is 0.229 e. The molecule has 0 unspecified atom stereocenters. The van der Waals surface area contributed by atoms with Crippen molar-refractivity contribution in [2.45, 2.75) is 51.9 Å². The number of hydrogen-bond donors (Lipinski definition) is 0. The Labute approximate surface area is 112 Å². The van der Waals surface area contributed by atoms with E-state index in [1.165, 1.54) is 0 Å². The first-order valence-electron chi connectivity index (χ1n) is 6.65. The summed E-state index contributed by atoms with van der Waals surface area (Å²) in [5, 5.41) is 0.210. The lowest BCUT2D eigenvalue weighted by molar-refractivity contribution is -0.134. The molecule has 0 aromatic heterocycles. The summed E-state index contributed by atoms with van der Waals surface area (Å²) in [6.07, 6.45) is 4.08. The van der Waals surface area contributed by atoms with Gasteiger partial charge in [-0.05, 0) is 18.1 Å². The van der Waals surface area contributed by atoms with Crippen LogP contribution >= 0.6 is 0 Å². The predicted molar refractivity (Wildman–Crippen MR) is 78.0 cm³/mol. The molecular formula is C14H27NO2Si. The number of rotatable bonds is 3. The number of nitrogens with zero attached hydrogens (tertiary/aromatic N) is 1. The fourth-order valence-corrected chi connectivity index (χ4v) is 2.69. The number of amides is 1. The topological polar surface area (TPSA) is 29.5 Å². The average Bonchev–Trinajstić information content (AvgIpc) is 2.23. The van der Waals surface area contributed by atoms with Crippen molar-refractivity contribution >= 4 is 14.2 Å². The zero-order valence-corrected chi connectivity index (χ0v) is 13.8. The van der Waals surface area contributed by atoms with Gasteiger partial charge in [-0.1, -0.05) is 39.8 Å². The van der Waals surface area contributed by atoms with Gasteiger partial charge in [0.15, 0.2) is 8.32 Å². The van der Waals surface area contributed by atoms with Crippen molar-refractivity contribution in [3.8, 4) is 0 Å². The van der Waals surface area contributed by atoms with Gasteiger partial charge in [0.1, 0.15) is 0 Å². The SMILES string of the molecule is C[C@H]1C=C[C@H](CO[Si](C)(C)C(C)(C)C)N(C)C1=O.